The highest BCUT2D eigenvalue weighted by atomic mass is 35.5. The van der Waals surface area contributed by atoms with Crippen LogP contribution in [-0.2, 0) is 33.5 Å². The Labute approximate surface area is 205 Å². The number of alkyl halides is 1. The van der Waals surface area contributed by atoms with Crippen LogP contribution < -0.4 is 10.6 Å². The summed E-state index contributed by atoms with van der Waals surface area (Å²) in [6.07, 6.45) is 0. The van der Waals surface area contributed by atoms with Crippen molar-refractivity contribution in [1.29, 1.82) is 0 Å². The van der Waals surface area contributed by atoms with Crippen LogP contribution >= 0.6 is 34.7 Å². The third-order valence-electron chi connectivity index (χ3n) is 4.50. The number of halogens is 1. The fourth-order valence-electron chi connectivity index (χ4n) is 3.08. The number of aliphatic carboxylic acids is 1. The molecule has 3 amide bonds. The average molecular weight is 532 g/mol. The third-order valence-corrected chi connectivity index (χ3v) is 6.84. The molecule has 3 N–H and O–H groups in total. The zero-order valence-corrected chi connectivity index (χ0v) is 20.1. The van der Waals surface area contributed by atoms with Crippen LogP contribution in [0.4, 0.5) is 5.13 Å². The number of β-lactam (4-membered cyclic amide) rings is 1. The predicted octanol–water partition coefficient (Wildman–Crippen LogP) is -0.0274. The van der Waals surface area contributed by atoms with Crippen molar-refractivity contribution < 1.29 is 38.7 Å². The Kier molecular flexibility index (Phi) is 8.11. The number of nitrogens with zero attached hydrogens (tertiary/aromatic N) is 3. The van der Waals surface area contributed by atoms with Gasteiger partial charge >= 0.3 is 11.9 Å². The molecule has 0 radical (unpaired) electrons. The molecule has 1 unspecified atom stereocenters. The van der Waals surface area contributed by atoms with Crippen LogP contribution in [0.25, 0.3) is 0 Å². The van der Waals surface area contributed by atoms with Gasteiger partial charge in [-0.1, -0.05) is 5.16 Å². The number of carbonyl (C=O) groups is 5. The Morgan fingerprint density at radius 2 is 2.12 bits per heavy atom. The van der Waals surface area contributed by atoms with Crippen molar-refractivity contribution in [2.45, 2.75) is 18.3 Å². The van der Waals surface area contributed by atoms with E-state index in [0.29, 0.717) is 0 Å². The van der Waals surface area contributed by atoms with Gasteiger partial charge in [-0.3, -0.25) is 24.1 Å². The molecular weight excluding hydrogens is 514 g/mol. The minimum absolute atomic E-state index is 0.0870. The molecule has 13 nitrogen and oxygen atoms in total. The van der Waals surface area contributed by atoms with Gasteiger partial charge < -0.3 is 25.3 Å². The Morgan fingerprint density at radius 3 is 2.74 bits per heavy atom. The number of amides is 3. The Morgan fingerprint density at radius 1 is 1.38 bits per heavy atom. The van der Waals surface area contributed by atoms with Gasteiger partial charge in [0.25, 0.3) is 11.8 Å². The summed E-state index contributed by atoms with van der Waals surface area (Å²) >= 11 is 7.69. The van der Waals surface area contributed by atoms with Crippen molar-refractivity contribution in [2.75, 3.05) is 30.7 Å². The monoisotopic (exact) mass is 531 g/mol. The molecule has 3 heterocycles. The summed E-state index contributed by atoms with van der Waals surface area (Å²) in [6.45, 7) is 0.935. The molecule has 1 aromatic heterocycles. The Balaban J connectivity index is 1.75. The first kappa shape index (κ1) is 25.5. The molecule has 2 aliphatic heterocycles. The van der Waals surface area contributed by atoms with Gasteiger partial charge in [0.05, 0.1) is 0 Å². The molecule has 0 saturated carbocycles. The fraction of sp³-hybridized carbons (Fsp3) is 0.389. The van der Waals surface area contributed by atoms with Crippen LogP contribution in [0, 0.1) is 0 Å². The van der Waals surface area contributed by atoms with Gasteiger partial charge in [0.2, 0.25) is 5.91 Å². The molecule has 0 spiro atoms. The number of esters is 1. The van der Waals surface area contributed by atoms with E-state index in [9.17, 15) is 29.1 Å². The molecule has 182 valence electrons. The fourth-order valence-corrected chi connectivity index (χ4v) is 5.19. The largest absolute Gasteiger partial charge is 0.477 e. The van der Waals surface area contributed by atoms with Crippen LogP contribution in [0.15, 0.2) is 21.8 Å². The van der Waals surface area contributed by atoms with Crippen molar-refractivity contribution in [3.8, 4) is 0 Å². The molecule has 2 atom stereocenters. The maximum Gasteiger partial charge on any atom is 0.352 e. The predicted molar refractivity (Wildman–Crippen MR) is 121 cm³/mol. The van der Waals surface area contributed by atoms with Gasteiger partial charge in [0, 0.05) is 23.6 Å². The van der Waals surface area contributed by atoms with Gasteiger partial charge in [0.15, 0.2) is 10.8 Å². The van der Waals surface area contributed by atoms with Gasteiger partial charge in [0.1, 0.15) is 42.4 Å². The molecule has 34 heavy (non-hydrogen) atoms. The third kappa shape index (κ3) is 5.31. The van der Waals surface area contributed by atoms with Gasteiger partial charge in [-0.15, -0.1) is 34.7 Å². The van der Waals surface area contributed by atoms with E-state index in [1.54, 1.807) is 0 Å². The first-order valence-corrected chi connectivity index (χ1v) is 11.9. The molecule has 1 aromatic rings. The number of aromatic nitrogens is 1. The lowest BCUT2D eigenvalue weighted by Crippen LogP contribution is -2.71. The first-order valence-electron chi connectivity index (χ1n) is 9.45. The SMILES string of the molecule is CO/N=C(\C(=O)N[C@@H]1C(=O)N2C(C(=O)O)=C(COC(C)=O)CSC12)c1csc(NC(=O)CCl)n1. The number of oxime groups is 1. The summed E-state index contributed by atoms with van der Waals surface area (Å²) in [4.78, 5) is 69.8. The van der Waals surface area contributed by atoms with Gasteiger partial charge in [-0.2, -0.15) is 0 Å². The van der Waals surface area contributed by atoms with Gasteiger partial charge in [-0.25, -0.2) is 9.78 Å². The Hall–Kier alpha value is -3.17. The zero-order chi connectivity index (χ0) is 25.0. The lowest BCUT2D eigenvalue weighted by Gasteiger charge is -2.49. The Bertz CT molecular complexity index is 1100. The highest BCUT2D eigenvalue weighted by Crippen LogP contribution is 2.40. The number of carboxylic acids is 1. The number of thioether (sulfide) groups is 1. The zero-order valence-electron chi connectivity index (χ0n) is 17.7. The second-order valence-electron chi connectivity index (χ2n) is 6.74. The second-order valence-corrected chi connectivity index (χ2v) is 8.97. The molecule has 3 rings (SSSR count). The van der Waals surface area contributed by atoms with Crippen molar-refractivity contribution in [3.63, 3.8) is 0 Å². The minimum Gasteiger partial charge on any atom is -0.477 e. The average Bonchev–Trinajstić information content (AvgIpc) is 3.26. The number of ether oxygens (including phenoxy) is 1. The van der Waals surface area contributed by atoms with E-state index in [-0.39, 0.29) is 46.0 Å². The number of carbonyl (C=O) groups excluding carboxylic acids is 4. The van der Waals surface area contributed by atoms with Crippen LogP contribution in [0.2, 0.25) is 0 Å². The molecule has 0 aliphatic carbocycles. The van der Waals surface area contributed by atoms with Crippen LogP contribution in [0.1, 0.15) is 12.6 Å². The quantitative estimate of drug-likeness (QED) is 0.129. The summed E-state index contributed by atoms with van der Waals surface area (Å²) in [6, 6.07) is -1.03. The van der Waals surface area contributed by atoms with Crippen molar-refractivity contribution in [1.82, 2.24) is 15.2 Å². The van der Waals surface area contributed by atoms with Gasteiger partial charge in [-0.05, 0) is 0 Å². The number of carboxylic acid groups (broad SMARTS) is 1. The summed E-state index contributed by atoms with van der Waals surface area (Å²) in [5, 5.41) is 19.2. The number of hydrogen-bond acceptors (Lipinski definition) is 11. The van der Waals surface area contributed by atoms with E-state index < -0.39 is 41.1 Å². The number of fused-ring (bicyclic) bond motifs is 1. The number of rotatable bonds is 9. The summed E-state index contributed by atoms with van der Waals surface area (Å²) < 4.78 is 4.89. The molecule has 1 fully saturated rings. The lowest BCUT2D eigenvalue weighted by atomic mass is 10.0. The summed E-state index contributed by atoms with van der Waals surface area (Å²) in [5.74, 6) is -3.93. The van der Waals surface area contributed by atoms with E-state index in [0.717, 1.165) is 16.2 Å². The molecule has 0 bridgehead atoms. The molecule has 0 aromatic carbocycles. The number of hydrogen-bond donors (Lipinski definition) is 3. The molecule has 1 saturated heterocycles. The lowest BCUT2D eigenvalue weighted by molar-refractivity contribution is -0.150. The van der Waals surface area contributed by atoms with Crippen molar-refractivity contribution >= 4 is 75.2 Å². The smallest absolute Gasteiger partial charge is 0.352 e. The highest BCUT2D eigenvalue weighted by molar-refractivity contribution is 8.00. The van der Waals surface area contributed by atoms with E-state index in [1.807, 2.05) is 0 Å². The first-order chi connectivity index (χ1) is 16.2. The topological polar surface area (TPSA) is 177 Å². The number of thiazole rings is 1. The van der Waals surface area contributed by atoms with E-state index in [4.69, 9.17) is 21.2 Å². The van der Waals surface area contributed by atoms with Crippen LogP contribution in [0.5, 0.6) is 0 Å². The maximum absolute atomic E-state index is 12.9. The second kappa shape index (κ2) is 10.8. The van der Waals surface area contributed by atoms with Crippen molar-refractivity contribution in [3.05, 3.63) is 22.3 Å². The standard InChI is InChI=1S/C18H18ClN5O8S2/c1-7(25)32-4-8-5-33-16-12(15(28)24(16)13(8)17(29)30)22-14(27)11(23-31-2)9-6-34-18(20-9)21-10(26)3-19/h6,12,16H,3-5H2,1-2H3,(H,22,27)(H,29,30)(H,20,21,26)/b23-11-/t12-,16?/m1/s1. The number of nitrogens with one attached hydrogen (secondary N) is 2. The van der Waals surface area contributed by atoms with Crippen LogP contribution in [0.3, 0.4) is 0 Å². The number of anilines is 1. The highest BCUT2D eigenvalue weighted by Gasteiger charge is 2.54. The minimum atomic E-state index is -1.35. The normalized spacial score (nSPS) is 19.7. The van der Waals surface area contributed by atoms with E-state index in [1.165, 1.54) is 31.2 Å². The van der Waals surface area contributed by atoms with Crippen LogP contribution in [-0.4, -0.2) is 87.1 Å². The van der Waals surface area contributed by atoms with Crippen molar-refractivity contribution in [2.24, 2.45) is 5.16 Å². The maximum atomic E-state index is 12.9. The van der Waals surface area contributed by atoms with E-state index >= 15 is 0 Å². The summed E-state index contributed by atoms with van der Waals surface area (Å²) in [7, 11) is 1.22. The van der Waals surface area contributed by atoms with E-state index in [2.05, 4.69) is 20.8 Å². The summed E-state index contributed by atoms with van der Waals surface area (Å²) in [5.41, 5.74) is -0.158. The molecule has 2 aliphatic rings. The molecule has 16 heteroatoms. The molecular formula is C18H18ClN5O8S2.